The van der Waals surface area contributed by atoms with Crippen LogP contribution in [0.3, 0.4) is 0 Å². The molecule has 1 aliphatic heterocycles. The number of amides is 1. The van der Waals surface area contributed by atoms with E-state index < -0.39 is 0 Å². The second kappa shape index (κ2) is 6.93. The molecule has 3 nitrogen and oxygen atoms in total. The molecule has 4 heteroatoms. The number of piperidine rings is 1. The van der Waals surface area contributed by atoms with E-state index >= 15 is 0 Å². The minimum Gasteiger partial charge on any atom is -0.354 e. The fourth-order valence-corrected chi connectivity index (χ4v) is 4.10. The van der Waals surface area contributed by atoms with Gasteiger partial charge in [0.05, 0.1) is 6.04 Å². The highest BCUT2D eigenvalue weighted by atomic mass is 32.1. The topological polar surface area (TPSA) is 32.3 Å². The molecule has 1 N–H and O–H groups in total. The van der Waals surface area contributed by atoms with Gasteiger partial charge in [-0.25, -0.2) is 0 Å². The molecule has 0 bridgehead atoms. The quantitative estimate of drug-likeness (QED) is 0.904. The number of carbonyl (C=O) groups excluding carboxylic acids is 1. The van der Waals surface area contributed by atoms with Crippen LogP contribution in [0.4, 0.5) is 0 Å². The Morgan fingerprint density at radius 1 is 1.38 bits per heavy atom. The van der Waals surface area contributed by atoms with Gasteiger partial charge in [0.15, 0.2) is 0 Å². The van der Waals surface area contributed by atoms with Gasteiger partial charge in [0, 0.05) is 17.3 Å². The molecule has 2 heterocycles. The first-order valence-corrected chi connectivity index (χ1v) is 9.17. The smallest absolute Gasteiger partial charge is 0.223 e. The summed E-state index contributed by atoms with van der Waals surface area (Å²) in [5, 5.41) is 5.35. The summed E-state index contributed by atoms with van der Waals surface area (Å²) in [5.74, 6) is 1.40. The van der Waals surface area contributed by atoms with Gasteiger partial charge in [0.1, 0.15) is 0 Å². The van der Waals surface area contributed by atoms with Gasteiger partial charge in [-0.3, -0.25) is 9.69 Å². The van der Waals surface area contributed by atoms with Gasteiger partial charge in [-0.1, -0.05) is 19.4 Å². The first-order valence-electron chi connectivity index (χ1n) is 8.29. The van der Waals surface area contributed by atoms with Gasteiger partial charge >= 0.3 is 0 Å². The summed E-state index contributed by atoms with van der Waals surface area (Å²) < 4.78 is 0. The molecule has 1 aromatic heterocycles. The molecular weight excluding hydrogens is 280 g/mol. The lowest BCUT2D eigenvalue weighted by Crippen LogP contribution is -2.43. The lowest BCUT2D eigenvalue weighted by Gasteiger charge is -2.37. The summed E-state index contributed by atoms with van der Waals surface area (Å²) >= 11 is 1.81. The van der Waals surface area contributed by atoms with Crippen molar-refractivity contribution in [2.75, 3.05) is 19.6 Å². The zero-order valence-electron chi connectivity index (χ0n) is 12.9. The van der Waals surface area contributed by atoms with Crippen molar-refractivity contribution in [3.63, 3.8) is 0 Å². The molecule has 0 radical (unpaired) electrons. The predicted octanol–water partition coefficient (Wildman–Crippen LogP) is 3.44. The van der Waals surface area contributed by atoms with Gasteiger partial charge < -0.3 is 5.32 Å². The zero-order valence-corrected chi connectivity index (χ0v) is 13.7. The van der Waals surface area contributed by atoms with E-state index in [0.717, 1.165) is 38.4 Å². The van der Waals surface area contributed by atoms with Crippen LogP contribution in [0.25, 0.3) is 0 Å². The standard InChI is InChI=1S/C17H26N2OS/c1-13-7-9-19(10-8-13)15(16-6-3-11-21-16)12-18-17(20)14-4-2-5-14/h3,6,11,13-15H,2,4-5,7-10,12H2,1H3,(H,18,20). The van der Waals surface area contributed by atoms with Crippen molar-refractivity contribution < 1.29 is 4.79 Å². The Labute approximate surface area is 131 Å². The Kier molecular flexibility index (Phi) is 4.96. The first-order chi connectivity index (χ1) is 10.2. The Morgan fingerprint density at radius 3 is 2.71 bits per heavy atom. The third-order valence-corrected chi connectivity index (χ3v) is 6.05. The number of nitrogens with zero attached hydrogens (tertiary/aromatic N) is 1. The summed E-state index contributed by atoms with van der Waals surface area (Å²) in [5.41, 5.74) is 0. The minimum absolute atomic E-state index is 0.271. The maximum atomic E-state index is 12.1. The highest BCUT2D eigenvalue weighted by Gasteiger charge is 2.28. The molecule has 1 aromatic rings. The number of thiophene rings is 1. The van der Waals surface area contributed by atoms with Crippen LogP contribution in [0.2, 0.25) is 0 Å². The van der Waals surface area contributed by atoms with Gasteiger partial charge in [0.2, 0.25) is 5.91 Å². The van der Waals surface area contributed by atoms with Crippen molar-refractivity contribution in [3.05, 3.63) is 22.4 Å². The maximum absolute atomic E-state index is 12.1. The number of nitrogens with one attached hydrogen (secondary N) is 1. The fourth-order valence-electron chi connectivity index (χ4n) is 3.24. The number of hydrogen-bond acceptors (Lipinski definition) is 3. The Bertz CT molecular complexity index is 447. The van der Waals surface area contributed by atoms with Crippen molar-refractivity contribution in [3.8, 4) is 0 Å². The van der Waals surface area contributed by atoms with Crippen LogP contribution in [0.15, 0.2) is 17.5 Å². The summed E-state index contributed by atoms with van der Waals surface area (Å²) in [6, 6.07) is 4.69. The van der Waals surface area contributed by atoms with Crippen molar-refractivity contribution >= 4 is 17.2 Å². The van der Waals surface area contributed by atoms with E-state index in [9.17, 15) is 4.79 Å². The highest BCUT2D eigenvalue weighted by molar-refractivity contribution is 7.10. The third kappa shape index (κ3) is 3.67. The molecule has 1 aliphatic carbocycles. The maximum Gasteiger partial charge on any atom is 0.223 e. The van der Waals surface area contributed by atoms with Gasteiger partial charge in [-0.15, -0.1) is 11.3 Å². The van der Waals surface area contributed by atoms with Crippen LogP contribution in [0, 0.1) is 11.8 Å². The van der Waals surface area contributed by atoms with Crippen molar-refractivity contribution in [2.24, 2.45) is 11.8 Å². The minimum atomic E-state index is 0.271. The summed E-state index contributed by atoms with van der Waals surface area (Å²) in [4.78, 5) is 16.1. The Balaban J connectivity index is 1.60. The van der Waals surface area contributed by atoms with Crippen LogP contribution in [0.1, 0.15) is 49.9 Å². The molecular formula is C17H26N2OS. The SMILES string of the molecule is CC1CCN(C(CNC(=O)C2CCC2)c2cccs2)CC1. The molecule has 21 heavy (non-hydrogen) atoms. The largest absolute Gasteiger partial charge is 0.354 e. The molecule has 1 saturated carbocycles. The number of rotatable bonds is 5. The molecule has 116 valence electrons. The monoisotopic (exact) mass is 306 g/mol. The second-order valence-corrected chi connectivity index (χ2v) is 7.60. The first kappa shape index (κ1) is 15.0. The summed E-state index contributed by atoms with van der Waals surface area (Å²) in [7, 11) is 0. The van der Waals surface area contributed by atoms with E-state index in [1.807, 2.05) is 11.3 Å². The lowest BCUT2D eigenvalue weighted by molar-refractivity contribution is -0.127. The van der Waals surface area contributed by atoms with Crippen LogP contribution < -0.4 is 5.32 Å². The summed E-state index contributed by atoms with van der Waals surface area (Å²) in [6.07, 6.45) is 5.93. The molecule has 3 rings (SSSR count). The third-order valence-electron chi connectivity index (χ3n) is 5.08. The van der Waals surface area contributed by atoms with E-state index in [2.05, 4.69) is 34.7 Å². The van der Waals surface area contributed by atoms with Gasteiger partial charge in [0.25, 0.3) is 0 Å². The lowest BCUT2D eigenvalue weighted by atomic mass is 9.85. The van der Waals surface area contributed by atoms with Crippen molar-refractivity contribution in [2.45, 2.75) is 45.1 Å². The molecule has 1 saturated heterocycles. The van der Waals surface area contributed by atoms with E-state index in [0.29, 0.717) is 6.04 Å². The van der Waals surface area contributed by atoms with E-state index in [4.69, 9.17) is 0 Å². The average Bonchev–Trinajstić information content (AvgIpc) is 2.93. The second-order valence-electron chi connectivity index (χ2n) is 6.62. The number of carbonyl (C=O) groups is 1. The normalized spacial score (nSPS) is 22.7. The molecule has 0 spiro atoms. The van der Waals surface area contributed by atoms with Crippen LogP contribution in [0.5, 0.6) is 0 Å². The molecule has 0 aromatic carbocycles. The van der Waals surface area contributed by atoms with Gasteiger partial charge in [-0.05, 0) is 56.1 Å². The molecule has 1 amide bonds. The average molecular weight is 306 g/mol. The number of hydrogen-bond donors (Lipinski definition) is 1. The summed E-state index contributed by atoms with van der Waals surface area (Å²) in [6.45, 7) is 5.42. The van der Waals surface area contributed by atoms with Crippen LogP contribution in [-0.2, 0) is 4.79 Å². The Hall–Kier alpha value is -0.870. The van der Waals surface area contributed by atoms with E-state index in [1.165, 1.54) is 24.1 Å². The van der Waals surface area contributed by atoms with Crippen LogP contribution in [-0.4, -0.2) is 30.4 Å². The fraction of sp³-hybridized carbons (Fsp3) is 0.706. The Morgan fingerprint density at radius 2 is 2.14 bits per heavy atom. The predicted molar refractivity (Wildman–Crippen MR) is 87.4 cm³/mol. The van der Waals surface area contributed by atoms with Crippen LogP contribution >= 0.6 is 11.3 Å². The van der Waals surface area contributed by atoms with E-state index in [-0.39, 0.29) is 11.8 Å². The van der Waals surface area contributed by atoms with E-state index in [1.54, 1.807) is 0 Å². The zero-order chi connectivity index (χ0) is 14.7. The molecule has 1 unspecified atom stereocenters. The van der Waals surface area contributed by atoms with Crippen molar-refractivity contribution in [1.29, 1.82) is 0 Å². The van der Waals surface area contributed by atoms with Crippen molar-refractivity contribution in [1.82, 2.24) is 10.2 Å². The molecule has 2 fully saturated rings. The molecule has 2 aliphatic rings. The highest BCUT2D eigenvalue weighted by Crippen LogP contribution is 2.30. The number of likely N-dealkylation sites (tertiary alicyclic amines) is 1. The van der Waals surface area contributed by atoms with Gasteiger partial charge in [-0.2, -0.15) is 0 Å². The molecule has 1 atom stereocenters.